The Kier molecular flexibility index (Phi) is 5.90. The van der Waals surface area contributed by atoms with Crippen molar-refractivity contribution >= 4 is 11.9 Å². The summed E-state index contributed by atoms with van der Waals surface area (Å²) in [7, 11) is 0. The molecular weight excluding hydrogens is 313 g/mol. The quantitative estimate of drug-likeness (QED) is 0.883. The summed E-state index contributed by atoms with van der Waals surface area (Å²) in [5.41, 5.74) is 0.462. The van der Waals surface area contributed by atoms with Crippen molar-refractivity contribution in [2.45, 2.75) is 32.4 Å². The normalized spacial score (nSPS) is 18.9. The standard InChI is InChI=1S/C17H24FN3O3/c1-17(2,3)20-16(23)19-15(22)11-21-8-9-24-14(10-21)12-4-6-13(18)7-5-12/h4-7,14H,8-11H2,1-3H3,(H2,19,20,22,23). The summed E-state index contributed by atoms with van der Waals surface area (Å²) in [6.07, 6.45) is -0.212. The lowest BCUT2D eigenvalue weighted by Gasteiger charge is -2.32. The van der Waals surface area contributed by atoms with Crippen LogP contribution in [0.15, 0.2) is 24.3 Å². The van der Waals surface area contributed by atoms with E-state index >= 15 is 0 Å². The molecule has 7 heteroatoms. The fourth-order valence-corrected chi connectivity index (χ4v) is 2.47. The second-order valence-electron chi connectivity index (χ2n) is 6.90. The molecule has 24 heavy (non-hydrogen) atoms. The number of nitrogens with zero attached hydrogens (tertiary/aromatic N) is 1. The van der Waals surface area contributed by atoms with E-state index < -0.39 is 11.6 Å². The van der Waals surface area contributed by atoms with Crippen LogP contribution in [0.3, 0.4) is 0 Å². The molecule has 1 unspecified atom stereocenters. The molecule has 1 fully saturated rings. The van der Waals surface area contributed by atoms with Crippen molar-refractivity contribution in [3.63, 3.8) is 0 Å². The Morgan fingerprint density at radius 1 is 1.29 bits per heavy atom. The molecule has 1 aromatic rings. The molecule has 1 aromatic carbocycles. The third-order valence-electron chi connectivity index (χ3n) is 3.50. The number of imide groups is 1. The Hall–Kier alpha value is -1.99. The Morgan fingerprint density at radius 2 is 1.96 bits per heavy atom. The topological polar surface area (TPSA) is 70.7 Å². The van der Waals surface area contributed by atoms with Gasteiger partial charge < -0.3 is 10.1 Å². The van der Waals surface area contributed by atoms with E-state index in [-0.39, 0.29) is 24.4 Å². The van der Waals surface area contributed by atoms with Crippen LogP contribution in [0.1, 0.15) is 32.4 Å². The summed E-state index contributed by atoms with van der Waals surface area (Å²) >= 11 is 0. The first kappa shape index (κ1) is 18.4. The molecule has 0 bridgehead atoms. The zero-order chi connectivity index (χ0) is 17.7. The van der Waals surface area contributed by atoms with Gasteiger partial charge in [-0.2, -0.15) is 0 Å². The van der Waals surface area contributed by atoms with Crippen LogP contribution < -0.4 is 10.6 Å². The molecule has 1 atom stereocenters. The lowest BCUT2D eigenvalue weighted by atomic mass is 10.1. The van der Waals surface area contributed by atoms with E-state index in [0.29, 0.717) is 19.7 Å². The van der Waals surface area contributed by atoms with E-state index in [1.54, 1.807) is 12.1 Å². The molecule has 1 heterocycles. The summed E-state index contributed by atoms with van der Waals surface area (Å²) in [5.74, 6) is -0.660. The van der Waals surface area contributed by atoms with Crippen molar-refractivity contribution in [2.75, 3.05) is 26.2 Å². The minimum absolute atomic E-state index is 0.110. The number of halogens is 1. The number of ether oxygens (including phenoxy) is 1. The highest BCUT2D eigenvalue weighted by molar-refractivity contribution is 5.95. The molecule has 0 aromatic heterocycles. The Morgan fingerprint density at radius 3 is 2.58 bits per heavy atom. The van der Waals surface area contributed by atoms with Gasteiger partial charge >= 0.3 is 6.03 Å². The van der Waals surface area contributed by atoms with Gasteiger partial charge in [0.2, 0.25) is 5.91 Å². The molecule has 0 radical (unpaired) electrons. The lowest BCUT2D eigenvalue weighted by molar-refractivity contribution is -0.123. The van der Waals surface area contributed by atoms with E-state index in [2.05, 4.69) is 10.6 Å². The molecular formula is C17H24FN3O3. The number of morpholine rings is 1. The zero-order valence-corrected chi connectivity index (χ0v) is 14.3. The van der Waals surface area contributed by atoms with Crippen molar-refractivity contribution in [3.05, 3.63) is 35.6 Å². The van der Waals surface area contributed by atoms with Crippen LogP contribution in [0.2, 0.25) is 0 Å². The zero-order valence-electron chi connectivity index (χ0n) is 14.3. The predicted molar refractivity (Wildman–Crippen MR) is 88.0 cm³/mol. The minimum Gasteiger partial charge on any atom is -0.371 e. The maximum absolute atomic E-state index is 13.0. The first-order chi connectivity index (χ1) is 11.2. The van der Waals surface area contributed by atoms with Gasteiger partial charge in [0.1, 0.15) is 5.82 Å². The SMILES string of the molecule is CC(C)(C)NC(=O)NC(=O)CN1CCOC(c2ccc(F)cc2)C1. The fourth-order valence-electron chi connectivity index (χ4n) is 2.47. The van der Waals surface area contributed by atoms with Crippen molar-refractivity contribution in [3.8, 4) is 0 Å². The third-order valence-corrected chi connectivity index (χ3v) is 3.50. The maximum Gasteiger partial charge on any atom is 0.321 e. The predicted octanol–water partition coefficient (Wildman–Crippen LogP) is 1.82. The van der Waals surface area contributed by atoms with Crippen LogP contribution in [0.25, 0.3) is 0 Å². The van der Waals surface area contributed by atoms with E-state index in [4.69, 9.17) is 4.74 Å². The highest BCUT2D eigenvalue weighted by atomic mass is 19.1. The second-order valence-corrected chi connectivity index (χ2v) is 6.90. The highest BCUT2D eigenvalue weighted by Crippen LogP contribution is 2.22. The molecule has 0 spiro atoms. The maximum atomic E-state index is 13.0. The van der Waals surface area contributed by atoms with Gasteiger partial charge in [0, 0.05) is 18.6 Å². The number of carbonyl (C=O) groups is 2. The Labute approximate surface area is 141 Å². The number of carbonyl (C=O) groups excluding carboxylic acids is 2. The monoisotopic (exact) mass is 337 g/mol. The number of rotatable bonds is 3. The van der Waals surface area contributed by atoms with Gasteiger partial charge in [-0.25, -0.2) is 9.18 Å². The van der Waals surface area contributed by atoms with Gasteiger partial charge in [-0.3, -0.25) is 15.0 Å². The minimum atomic E-state index is -0.504. The highest BCUT2D eigenvalue weighted by Gasteiger charge is 2.24. The number of nitrogens with one attached hydrogen (secondary N) is 2. The van der Waals surface area contributed by atoms with Gasteiger partial charge in [-0.1, -0.05) is 12.1 Å². The largest absolute Gasteiger partial charge is 0.371 e. The molecule has 2 rings (SSSR count). The summed E-state index contributed by atoms with van der Waals surface area (Å²) in [6.45, 7) is 7.22. The van der Waals surface area contributed by atoms with Crippen LogP contribution in [-0.2, 0) is 9.53 Å². The number of hydrogen-bond acceptors (Lipinski definition) is 4. The Balaban J connectivity index is 1.85. The lowest BCUT2D eigenvalue weighted by Crippen LogP contribution is -2.51. The summed E-state index contributed by atoms with van der Waals surface area (Å²) in [5, 5.41) is 5.00. The van der Waals surface area contributed by atoms with Crippen molar-refractivity contribution in [1.82, 2.24) is 15.5 Å². The summed E-state index contributed by atoms with van der Waals surface area (Å²) < 4.78 is 18.7. The van der Waals surface area contributed by atoms with Gasteiger partial charge in [0.05, 0.1) is 19.3 Å². The average Bonchev–Trinajstić information content (AvgIpc) is 2.45. The number of amides is 3. The van der Waals surface area contributed by atoms with Crippen LogP contribution >= 0.6 is 0 Å². The smallest absolute Gasteiger partial charge is 0.321 e. The molecule has 2 N–H and O–H groups in total. The molecule has 0 aliphatic carbocycles. The number of hydrogen-bond donors (Lipinski definition) is 2. The van der Waals surface area contributed by atoms with Crippen molar-refractivity contribution < 1.29 is 18.7 Å². The fraction of sp³-hybridized carbons (Fsp3) is 0.529. The average molecular weight is 337 g/mol. The van der Waals surface area contributed by atoms with Crippen LogP contribution in [0.5, 0.6) is 0 Å². The van der Waals surface area contributed by atoms with Crippen molar-refractivity contribution in [2.24, 2.45) is 0 Å². The summed E-state index contributed by atoms with van der Waals surface area (Å²) in [6, 6.07) is 5.64. The van der Waals surface area contributed by atoms with Gasteiger partial charge in [0.15, 0.2) is 0 Å². The van der Waals surface area contributed by atoms with Gasteiger partial charge in [-0.15, -0.1) is 0 Å². The molecule has 132 valence electrons. The summed E-state index contributed by atoms with van der Waals surface area (Å²) in [4.78, 5) is 25.6. The van der Waals surface area contributed by atoms with E-state index in [9.17, 15) is 14.0 Å². The second kappa shape index (κ2) is 7.72. The molecule has 3 amide bonds. The first-order valence-electron chi connectivity index (χ1n) is 7.94. The third kappa shape index (κ3) is 5.90. The Bertz CT molecular complexity index is 584. The van der Waals surface area contributed by atoms with Crippen LogP contribution in [-0.4, -0.2) is 48.6 Å². The van der Waals surface area contributed by atoms with Gasteiger partial charge in [0.25, 0.3) is 0 Å². The number of urea groups is 1. The van der Waals surface area contributed by atoms with Crippen LogP contribution in [0.4, 0.5) is 9.18 Å². The van der Waals surface area contributed by atoms with Crippen LogP contribution in [0, 0.1) is 5.82 Å². The van der Waals surface area contributed by atoms with E-state index in [1.807, 2.05) is 25.7 Å². The molecule has 1 saturated heterocycles. The first-order valence-corrected chi connectivity index (χ1v) is 7.94. The number of benzene rings is 1. The van der Waals surface area contributed by atoms with E-state index in [0.717, 1.165) is 5.56 Å². The molecule has 6 nitrogen and oxygen atoms in total. The van der Waals surface area contributed by atoms with Crippen molar-refractivity contribution in [1.29, 1.82) is 0 Å². The molecule has 0 saturated carbocycles. The molecule has 1 aliphatic rings. The van der Waals surface area contributed by atoms with E-state index in [1.165, 1.54) is 12.1 Å². The molecule has 1 aliphatic heterocycles. The van der Waals surface area contributed by atoms with Gasteiger partial charge in [-0.05, 0) is 38.5 Å².